The normalized spacial score (nSPS) is 11.4. The van der Waals surface area contributed by atoms with E-state index in [0.29, 0.717) is 17.9 Å². The van der Waals surface area contributed by atoms with Gasteiger partial charge in [-0.05, 0) is 31.0 Å². The van der Waals surface area contributed by atoms with Gasteiger partial charge >= 0.3 is 0 Å². The maximum atomic E-state index is 12.4. The maximum Gasteiger partial charge on any atom is 0.264 e. The average Bonchev–Trinajstić information content (AvgIpc) is 3.08. The van der Waals surface area contributed by atoms with E-state index in [9.17, 15) is 13.2 Å². The van der Waals surface area contributed by atoms with Gasteiger partial charge in [-0.25, -0.2) is 13.1 Å². The first-order chi connectivity index (χ1) is 13.4. The van der Waals surface area contributed by atoms with Crippen molar-refractivity contribution in [2.45, 2.75) is 38.0 Å². The molecule has 1 heterocycles. The van der Waals surface area contributed by atoms with Crippen molar-refractivity contribution in [2.24, 2.45) is 0 Å². The van der Waals surface area contributed by atoms with Crippen molar-refractivity contribution in [2.75, 3.05) is 0 Å². The summed E-state index contributed by atoms with van der Waals surface area (Å²) in [7, 11) is -3.89. The number of amides is 1. The highest BCUT2D eigenvalue weighted by Crippen LogP contribution is 2.34. The van der Waals surface area contributed by atoms with E-state index in [2.05, 4.69) is 9.88 Å². The molecule has 3 aromatic rings. The molecule has 0 bridgehead atoms. The van der Waals surface area contributed by atoms with Crippen molar-refractivity contribution < 1.29 is 17.7 Å². The van der Waals surface area contributed by atoms with Crippen LogP contribution in [0.4, 0.5) is 0 Å². The Morgan fingerprint density at radius 2 is 1.71 bits per heavy atom. The zero-order valence-electron chi connectivity index (χ0n) is 15.8. The molecule has 146 valence electrons. The van der Waals surface area contributed by atoms with Gasteiger partial charge in [0, 0.05) is 12.0 Å². The summed E-state index contributed by atoms with van der Waals surface area (Å²) in [6, 6.07) is 16.0. The number of carbonyl (C=O) groups is 1. The van der Waals surface area contributed by atoms with Crippen LogP contribution >= 0.6 is 0 Å². The van der Waals surface area contributed by atoms with Gasteiger partial charge in [-0.1, -0.05) is 61.0 Å². The average molecular weight is 398 g/mol. The molecular formula is C21H22N2O4S. The second kappa shape index (κ2) is 8.39. The fraction of sp³-hybridized carbons (Fsp3) is 0.238. The number of hydrogen-bond donors (Lipinski definition) is 1. The Balaban J connectivity index is 1.88. The molecule has 0 spiro atoms. The molecule has 0 radical (unpaired) electrons. The molecule has 6 nitrogen and oxygen atoms in total. The van der Waals surface area contributed by atoms with Crippen LogP contribution in [0.1, 0.15) is 31.9 Å². The van der Waals surface area contributed by atoms with Gasteiger partial charge in [-0.3, -0.25) is 4.79 Å². The van der Waals surface area contributed by atoms with Crippen LogP contribution in [0, 0.1) is 6.92 Å². The molecule has 0 unspecified atom stereocenters. The SMILES string of the molecule is CCCCC(=O)NS(=O)(=O)c1ccc(-c2c(-c3ccccc3)noc2C)cc1. The summed E-state index contributed by atoms with van der Waals surface area (Å²) in [5.74, 6) is 0.148. The molecular weight excluding hydrogens is 376 g/mol. The molecule has 3 rings (SSSR count). The molecule has 0 aliphatic carbocycles. The Kier molecular flexibility index (Phi) is 5.94. The number of rotatable bonds is 7. The van der Waals surface area contributed by atoms with Gasteiger partial charge < -0.3 is 4.52 Å². The summed E-state index contributed by atoms with van der Waals surface area (Å²) < 4.78 is 32.3. The molecule has 0 aliphatic heterocycles. The van der Waals surface area contributed by atoms with Crippen LogP contribution in [-0.2, 0) is 14.8 Å². The highest BCUT2D eigenvalue weighted by Gasteiger charge is 2.20. The van der Waals surface area contributed by atoms with Crippen molar-refractivity contribution in [3.8, 4) is 22.4 Å². The van der Waals surface area contributed by atoms with E-state index in [1.165, 1.54) is 12.1 Å². The molecule has 0 aliphatic rings. The van der Waals surface area contributed by atoms with E-state index in [1.807, 2.05) is 44.2 Å². The van der Waals surface area contributed by atoms with Crippen molar-refractivity contribution in [1.82, 2.24) is 9.88 Å². The van der Waals surface area contributed by atoms with Gasteiger partial charge in [0.2, 0.25) is 5.91 Å². The lowest BCUT2D eigenvalue weighted by molar-refractivity contribution is -0.119. The summed E-state index contributed by atoms with van der Waals surface area (Å²) in [6.07, 6.45) is 1.66. The Morgan fingerprint density at radius 3 is 2.36 bits per heavy atom. The minimum Gasteiger partial charge on any atom is -0.360 e. The Labute approximate surface area is 164 Å². The summed E-state index contributed by atoms with van der Waals surface area (Å²) in [5, 5.41) is 4.15. The number of aromatic nitrogens is 1. The van der Waals surface area contributed by atoms with Gasteiger partial charge in [0.05, 0.1) is 10.5 Å². The van der Waals surface area contributed by atoms with Crippen molar-refractivity contribution >= 4 is 15.9 Å². The number of aryl methyl sites for hydroxylation is 1. The van der Waals surface area contributed by atoms with Crippen LogP contribution in [0.3, 0.4) is 0 Å². The third kappa shape index (κ3) is 4.31. The molecule has 7 heteroatoms. The Morgan fingerprint density at radius 1 is 1.04 bits per heavy atom. The van der Waals surface area contributed by atoms with E-state index in [1.54, 1.807) is 12.1 Å². The minimum atomic E-state index is -3.89. The molecule has 0 saturated carbocycles. The number of sulfonamides is 1. The maximum absolute atomic E-state index is 12.4. The van der Waals surface area contributed by atoms with Crippen molar-refractivity contribution in [3.63, 3.8) is 0 Å². The molecule has 0 fully saturated rings. The van der Waals surface area contributed by atoms with Crippen LogP contribution in [0.15, 0.2) is 64.0 Å². The monoisotopic (exact) mass is 398 g/mol. The summed E-state index contributed by atoms with van der Waals surface area (Å²) >= 11 is 0. The molecule has 1 amide bonds. The predicted octanol–water partition coefficient (Wildman–Crippen LogP) is 4.31. The molecule has 1 aromatic heterocycles. The van der Waals surface area contributed by atoms with Crippen LogP contribution < -0.4 is 4.72 Å². The highest BCUT2D eigenvalue weighted by molar-refractivity contribution is 7.90. The molecule has 0 saturated heterocycles. The number of unbranched alkanes of at least 4 members (excludes halogenated alkanes) is 1. The largest absolute Gasteiger partial charge is 0.360 e. The second-order valence-corrected chi connectivity index (χ2v) is 8.17. The van der Waals surface area contributed by atoms with Crippen LogP contribution in [0.2, 0.25) is 0 Å². The summed E-state index contributed by atoms with van der Waals surface area (Å²) in [5.41, 5.74) is 3.20. The van der Waals surface area contributed by atoms with Gasteiger partial charge in [-0.15, -0.1) is 0 Å². The Bertz CT molecular complexity index is 1060. The number of nitrogens with zero attached hydrogens (tertiary/aromatic N) is 1. The number of benzene rings is 2. The van der Waals surface area contributed by atoms with E-state index in [-0.39, 0.29) is 11.3 Å². The predicted molar refractivity (Wildman–Crippen MR) is 107 cm³/mol. The minimum absolute atomic E-state index is 0.0384. The zero-order chi connectivity index (χ0) is 20.1. The fourth-order valence-corrected chi connectivity index (χ4v) is 3.92. The van der Waals surface area contributed by atoms with E-state index >= 15 is 0 Å². The third-order valence-corrected chi connectivity index (χ3v) is 5.76. The first kappa shape index (κ1) is 19.8. The lowest BCUT2D eigenvalue weighted by Gasteiger charge is -2.08. The lowest BCUT2D eigenvalue weighted by Crippen LogP contribution is -2.30. The zero-order valence-corrected chi connectivity index (χ0v) is 16.6. The molecule has 2 aromatic carbocycles. The summed E-state index contributed by atoms with van der Waals surface area (Å²) in [4.78, 5) is 11.8. The van der Waals surface area contributed by atoms with Gasteiger partial charge in [-0.2, -0.15) is 0 Å². The van der Waals surface area contributed by atoms with Crippen molar-refractivity contribution in [3.05, 3.63) is 60.4 Å². The molecule has 28 heavy (non-hydrogen) atoms. The number of nitrogens with one attached hydrogen (secondary N) is 1. The Hall–Kier alpha value is -2.93. The van der Waals surface area contributed by atoms with E-state index in [0.717, 1.165) is 23.1 Å². The first-order valence-electron chi connectivity index (χ1n) is 9.10. The smallest absolute Gasteiger partial charge is 0.264 e. The van der Waals surface area contributed by atoms with Gasteiger partial charge in [0.15, 0.2) is 0 Å². The third-order valence-electron chi connectivity index (χ3n) is 4.37. The van der Waals surface area contributed by atoms with E-state index < -0.39 is 15.9 Å². The standard InChI is InChI=1S/C21H22N2O4S/c1-3-4-10-19(24)23-28(25,26)18-13-11-16(12-14-18)20-15(2)27-22-21(20)17-8-6-5-7-9-17/h5-9,11-14H,3-4,10H2,1-2H3,(H,23,24). The van der Waals surface area contributed by atoms with Crippen molar-refractivity contribution in [1.29, 1.82) is 0 Å². The van der Waals surface area contributed by atoms with Gasteiger partial charge in [0.1, 0.15) is 11.5 Å². The van der Waals surface area contributed by atoms with Crippen LogP contribution in [-0.4, -0.2) is 19.5 Å². The van der Waals surface area contributed by atoms with Gasteiger partial charge in [0.25, 0.3) is 10.0 Å². The highest BCUT2D eigenvalue weighted by atomic mass is 32.2. The second-order valence-electron chi connectivity index (χ2n) is 6.48. The topological polar surface area (TPSA) is 89.3 Å². The summed E-state index contributed by atoms with van der Waals surface area (Å²) in [6.45, 7) is 3.75. The van der Waals surface area contributed by atoms with E-state index in [4.69, 9.17) is 4.52 Å². The quantitative estimate of drug-likeness (QED) is 0.640. The molecule has 1 N–H and O–H groups in total. The van der Waals surface area contributed by atoms with Crippen LogP contribution in [0.25, 0.3) is 22.4 Å². The lowest BCUT2D eigenvalue weighted by atomic mass is 10.00. The molecule has 0 atom stereocenters. The number of hydrogen-bond acceptors (Lipinski definition) is 5. The number of carbonyl (C=O) groups excluding carboxylic acids is 1. The fourth-order valence-electron chi connectivity index (χ4n) is 2.90. The van der Waals surface area contributed by atoms with Crippen LogP contribution in [0.5, 0.6) is 0 Å². The first-order valence-corrected chi connectivity index (χ1v) is 10.6.